The van der Waals surface area contributed by atoms with Crippen LogP contribution in [-0.2, 0) is 4.79 Å². The molecule has 2 aliphatic heterocycles. The van der Waals surface area contributed by atoms with E-state index >= 15 is 0 Å². The van der Waals surface area contributed by atoms with Crippen molar-refractivity contribution in [2.75, 3.05) is 38.5 Å². The Kier molecular flexibility index (Phi) is 6.37. The second-order valence-electron chi connectivity index (χ2n) is 8.20. The number of para-hydroxylation sites is 1. The lowest BCUT2D eigenvalue weighted by atomic mass is 9.90. The number of anilines is 1. The smallest absolute Gasteiger partial charge is 0.225 e. The number of nitrogens with one attached hydrogen (secondary N) is 3. The number of rotatable bonds is 5. The molecule has 1 aromatic rings. The molecule has 1 saturated heterocycles. The van der Waals surface area contributed by atoms with Crippen molar-refractivity contribution >= 4 is 17.6 Å². The van der Waals surface area contributed by atoms with E-state index in [1.54, 1.807) is 7.05 Å². The first-order valence-electron chi connectivity index (χ1n) is 10.1. The van der Waals surface area contributed by atoms with Crippen molar-refractivity contribution in [1.82, 2.24) is 15.5 Å². The Labute approximate surface area is 162 Å². The Balaban J connectivity index is 1.54. The zero-order chi connectivity index (χ0) is 19.3. The molecule has 0 aromatic heterocycles. The van der Waals surface area contributed by atoms with Crippen LogP contribution in [0.2, 0.25) is 0 Å². The first-order chi connectivity index (χ1) is 13.0. The van der Waals surface area contributed by atoms with E-state index < -0.39 is 0 Å². The minimum absolute atomic E-state index is 0.0784. The number of fused-ring (bicyclic) bond motifs is 1. The molecule has 1 fully saturated rings. The second kappa shape index (κ2) is 8.74. The van der Waals surface area contributed by atoms with Gasteiger partial charge < -0.3 is 16.0 Å². The molecule has 1 atom stereocenters. The Morgan fingerprint density at radius 2 is 1.96 bits per heavy atom. The fraction of sp³-hybridized carbons (Fsp3) is 0.619. The molecule has 2 aliphatic rings. The first-order valence-corrected chi connectivity index (χ1v) is 10.1. The number of amides is 1. The number of nitrogens with zero attached hydrogens (tertiary/aromatic N) is 2. The van der Waals surface area contributed by atoms with Crippen LogP contribution >= 0.6 is 0 Å². The van der Waals surface area contributed by atoms with Crippen molar-refractivity contribution < 1.29 is 4.79 Å². The van der Waals surface area contributed by atoms with E-state index in [1.165, 1.54) is 37.9 Å². The molecule has 1 unspecified atom stereocenters. The third-order valence-corrected chi connectivity index (χ3v) is 5.75. The van der Waals surface area contributed by atoms with Crippen LogP contribution in [0, 0.1) is 0 Å². The van der Waals surface area contributed by atoms with Crippen LogP contribution in [0.25, 0.3) is 0 Å². The molecule has 0 aliphatic carbocycles. The van der Waals surface area contributed by atoms with E-state index in [4.69, 9.17) is 0 Å². The average molecular weight is 372 g/mol. The zero-order valence-corrected chi connectivity index (χ0v) is 16.8. The highest BCUT2D eigenvalue weighted by Gasteiger charge is 2.28. The van der Waals surface area contributed by atoms with Crippen molar-refractivity contribution in [2.24, 2.45) is 4.99 Å². The van der Waals surface area contributed by atoms with Crippen molar-refractivity contribution in [3.05, 3.63) is 29.8 Å². The predicted octanol–water partition coefficient (Wildman–Crippen LogP) is 2.54. The normalized spacial score (nSPS) is 21.4. The molecule has 3 rings (SSSR count). The molecule has 6 nitrogen and oxygen atoms in total. The fourth-order valence-electron chi connectivity index (χ4n) is 4.04. The number of guanidine groups is 1. The molecule has 0 spiro atoms. The molecule has 6 heteroatoms. The zero-order valence-electron chi connectivity index (χ0n) is 16.8. The van der Waals surface area contributed by atoms with Crippen molar-refractivity contribution in [3.8, 4) is 0 Å². The minimum Gasteiger partial charge on any atom is -0.356 e. The molecule has 1 aromatic carbocycles. The van der Waals surface area contributed by atoms with E-state index in [0.717, 1.165) is 18.2 Å². The number of carbonyl (C=O) groups excluding carboxylic acids is 1. The van der Waals surface area contributed by atoms with Gasteiger partial charge in [0.2, 0.25) is 5.91 Å². The topological polar surface area (TPSA) is 68.8 Å². The molecule has 148 valence electrons. The van der Waals surface area contributed by atoms with Gasteiger partial charge in [-0.3, -0.25) is 14.7 Å². The van der Waals surface area contributed by atoms with Gasteiger partial charge in [-0.2, -0.15) is 0 Å². The van der Waals surface area contributed by atoms with Crippen LogP contribution in [0.5, 0.6) is 0 Å². The highest BCUT2D eigenvalue weighted by Crippen LogP contribution is 2.31. The molecule has 0 bridgehead atoms. The van der Waals surface area contributed by atoms with Gasteiger partial charge in [0.15, 0.2) is 5.96 Å². The number of hydrogen-bond acceptors (Lipinski definition) is 3. The second-order valence-corrected chi connectivity index (χ2v) is 8.20. The predicted molar refractivity (Wildman–Crippen MR) is 111 cm³/mol. The Hall–Kier alpha value is -2.08. The standard InChI is InChI=1S/C21H33N5O/c1-21(2,26-11-7-4-8-12-26)15-24-20(22-3)23-14-16-13-19(27)25-18-10-6-5-9-17(16)18/h5-6,9-10,16H,4,7-8,11-15H2,1-3H3,(H,25,27)(H2,22,23,24). The highest BCUT2D eigenvalue weighted by atomic mass is 16.1. The number of likely N-dealkylation sites (tertiary alicyclic amines) is 1. The molecule has 1 amide bonds. The van der Waals surface area contributed by atoms with Gasteiger partial charge in [-0.15, -0.1) is 0 Å². The lowest BCUT2D eigenvalue weighted by Gasteiger charge is -2.41. The lowest BCUT2D eigenvalue weighted by molar-refractivity contribution is -0.116. The van der Waals surface area contributed by atoms with Gasteiger partial charge in [0.05, 0.1) is 0 Å². The number of carbonyl (C=O) groups is 1. The van der Waals surface area contributed by atoms with Gasteiger partial charge in [0.1, 0.15) is 0 Å². The van der Waals surface area contributed by atoms with Crippen LogP contribution in [0.3, 0.4) is 0 Å². The molecule has 27 heavy (non-hydrogen) atoms. The lowest BCUT2D eigenvalue weighted by Crippen LogP contribution is -2.55. The van der Waals surface area contributed by atoms with Gasteiger partial charge in [-0.1, -0.05) is 24.6 Å². The van der Waals surface area contributed by atoms with Crippen LogP contribution in [0.15, 0.2) is 29.3 Å². The summed E-state index contributed by atoms with van der Waals surface area (Å²) in [4.78, 5) is 18.9. The quantitative estimate of drug-likeness (QED) is 0.550. The van der Waals surface area contributed by atoms with Crippen LogP contribution < -0.4 is 16.0 Å². The summed E-state index contributed by atoms with van der Waals surface area (Å²) in [6.45, 7) is 8.46. The van der Waals surface area contributed by atoms with E-state index in [0.29, 0.717) is 13.0 Å². The Bertz CT molecular complexity index is 679. The van der Waals surface area contributed by atoms with E-state index in [2.05, 4.69) is 45.8 Å². The largest absolute Gasteiger partial charge is 0.356 e. The summed E-state index contributed by atoms with van der Waals surface area (Å²) in [5, 5.41) is 9.85. The van der Waals surface area contributed by atoms with Crippen LogP contribution in [0.4, 0.5) is 5.69 Å². The molecule has 2 heterocycles. The van der Waals surface area contributed by atoms with Gasteiger partial charge >= 0.3 is 0 Å². The maximum Gasteiger partial charge on any atom is 0.225 e. The van der Waals surface area contributed by atoms with E-state index in [9.17, 15) is 4.79 Å². The summed E-state index contributed by atoms with van der Waals surface area (Å²) in [6, 6.07) is 8.04. The van der Waals surface area contributed by atoms with Crippen molar-refractivity contribution in [3.63, 3.8) is 0 Å². The summed E-state index contributed by atoms with van der Waals surface area (Å²) in [6.07, 6.45) is 4.43. The van der Waals surface area contributed by atoms with Gasteiger partial charge in [0.25, 0.3) is 0 Å². The number of benzene rings is 1. The first kappa shape index (κ1) is 19.7. The Morgan fingerprint density at radius 1 is 1.22 bits per heavy atom. The number of hydrogen-bond donors (Lipinski definition) is 3. The van der Waals surface area contributed by atoms with Crippen LogP contribution in [0.1, 0.15) is 51.0 Å². The van der Waals surface area contributed by atoms with Gasteiger partial charge in [-0.05, 0) is 51.4 Å². The minimum atomic E-state index is 0.0784. The third-order valence-electron chi connectivity index (χ3n) is 5.75. The number of aliphatic imine (C=N–C) groups is 1. The van der Waals surface area contributed by atoms with E-state index in [1.807, 2.05) is 18.2 Å². The van der Waals surface area contributed by atoms with Crippen LogP contribution in [-0.4, -0.2) is 55.5 Å². The third kappa shape index (κ3) is 5.01. The summed E-state index contributed by atoms with van der Waals surface area (Å²) in [5.41, 5.74) is 2.21. The fourth-order valence-corrected chi connectivity index (χ4v) is 4.04. The number of piperidine rings is 1. The van der Waals surface area contributed by atoms with Gasteiger partial charge in [0, 0.05) is 43.7 Å². The molecule has 3 N–H and O–H groups in total. The maximum absolute atomic E-state index is 12.0. The molecule has 0 radical (unpaired) electrons. The summed E-state index contributed by atoms with van der Waals surface area (Å²) >= 11 is 0. The summed E-state index contributed by atoms with van der Waals surface area (Å²) in [7, 11) is 1.80. The summed E-state index contributed by atoms with van der Waals surface area (Å²) in [5.74, 6) is 1.03. The monoisotopic (exact) mass is 371 g/mol. The average Bonchev–Trinajstić information content (AvgIpc) is 2.68. The summed E-state index contributed by atoms with van der Waals surface area (Å²) < 4.78 is 0. The SMILES string of the molecule is CN=C(NCC1CC(=O)Nc2ccccc21)NCC(C)(C)N1CCCCC1. The molecule has 0 saturated carbocycles. The van der Waals surface area contributed by atoms with Crippen molar-refractivity contribution in [1.29, 1.82) is 0 Å². The highest BCUT2D eigenvalue weighted by molar-refractivity contribution is 5.94. The molecular formula is C21H33N5O. The van der Waals surface area contributed by atoms with Crippen molar-refractivity contribution in [2.45, 2.75) is 51.0 Å². The van der Waals surface area contributed by atoms with E-state index in [-0.39, 0.29) is 17.4 Å². The molecular weight excluding hydrogens is 338 g/mol. The Morgan fingerprint density at radius 3 is 2.70 bits per heavy atom. The maximum atomic E-state index is 12.0. The van der Waals surface area contributed by atoms with Gasteiger partial charge in [-0.25, -0.2) is 0 Å².